The van der Waals surface area contributed by atoms with Gasteiger partial charge >= 0.3 is 0 Å². The Labute approximate surface area is 99.0 Å². The first-order valence-electron chi connectivity index (χ1n) is 6.52. The molecule has 0 spiro atoms. The van der Waals surface area contributed by atoms with E-state index in [9.17, 15) is 0 Å². The van der Waals surface area contributed by atoms with E-state index in [0.717, 1.165) is 12.8 Å². The van der Waals surface area contributed by atoms with Gasteiger partial charge in [-0.3, -0.25) is 0 Å². The molecule has 2 rings (SSSR count). The van der Waals surface area contributed by atoms with Crippen LogP contribution < -0.4 is 0 Å². The summed E-state index contributed by atoms with van der Waals surface area (Å²) in [4.78, 5) is 0. The molecular weight excluding hydrogens is 200 g/mol. The summed E-state index contributed by atoms with van der Waals surface area (Å²) in [5, 5.41) is 0. The summed E-state index contributed by atoms with van der Waals surface area (Å²) in [5.74, 6) is 0.564. The minimum atomic E-state index is 0.0294. The predicted molar refractivity (Wildman–Crippen MR) is 65.2 cm³/mol. The predicted octanol–water partition coefficient (Wildman–Crippen LogP) is 3.66. The normalized spacial score (nSPS) is 41.2. The van der Waals surface area contributed by atoms with Crippen molar-refractivity contribution >= 4 is 0 Å². The highest BCUT2D eigenvalue weighted by molar-refractivity contribution is 5.13. The molecule has 0 aromatic heterocycles. The van der Waals surface area contributed by atoms with Gasteiger partial charge in [0, 0.05) is 5.92 Å². The van der Waals surface area contributed by atoms with Crippen molar-refractivity contribution in [2.45, 2.75) is 71.9 Å². The molecule has 0 saturated carbocycles. The van der Waals surface area contributed by atoms with Crippen molar-refractivity contribution in [1.82, 2.24) is 0 Å². The third-order valence-corrected chi connectivity index (χ3v) is 3.97. The molecule has 0 amide bonds. The lowest BCUT2D eigenvalue weighted by Crippen LogP contribution is -2.40. The summed E-state index contributed by atoms with van der Waals surface area (Å²) < 4.78 is 11.9. The first kappa shape index (κ1) is 12.1. The van der Waals surface area contributed by atoms with E-state index in [1.807, 2.05) is 0 Å². The minimum absolute atomic E-state index is 0.0294. The average molecular weight is 224 g/mol. The number of allylic oxidation sites excluding steroid dienone is 2. The molecule has 0 aromatic carbocycles. The van der Waals surface area contributed by atoms with Crippen LogP contribution >= 0.6 is 0 Å². The van der Waals surface area contributed by atoms with Gasteiger partial charge in [-0.05, 0) is 53.4 Å². The van der Waals surface area contributed by atoms with Crippen molar-refractivity contribution in [3.63, 3.8) is 0 Å². The molecule has 0 unspecified atom stereocenters. The van der Waals surface area contributed by atoms with E-state index in [1.165, 1.54) is 18.4 Å². The molecule has 2 heteroatoms. The van der Waals surface area contributed by atoms with E-state index in [-0.39, 0.29) is 6.29 Å². The number of hydrogen-bond acceptors (Lipinski definition) is 2. The van der Waals surface area contributed by atoms with Crippen molar-refractivity contribution < 1.29 is 9.47 Å². The molecule has 1 aliphatic heterocycles. The van der Waals surface area contributed by atoms with E-state index in [0.29, 0.717) is 18.1 Å². The maximum atomic E-state index is 5.93. The maximum absolute atomic E-state index is 5.93. The first-order valence-corrected chi connectivity index (χ1v) is 6.52. The van der Waals surface area contributed by atoms with Gasteiger partial charge in [-0.2, -0.15) is 0 Å². The van der Waals surface area contributed by atoms with E-state index >= 15 is 0 Å². The summed E-state index contributed by atoms with van der Waals surface area (Å²) in [6.45, 7) is 8.81. The van der Waals surface area contributed by atoms with Crippen LogP contribution in [0.1, 0.15) is 53.4 Å². The van der Waals surface area contributed by atoms with Crippen LogP contribution in [0.2, 0.25) is 0 Å². The van der Waals surface area contributed by atoms with Crippen molar-refractivity contribution in [3.05, 3.63) is 11.1 Å². The number of hydrogen-bond donors (Lipinski definition) is 0. The van der Waals surface area contributed by atoms with E-state index in [2.05, 4.69) is 27.7 Å². The summed E-state index contributed by atoms with van der Waals surface area (Å²) in [6.07, 6.45) is 5.33. The first-order chi connectivity index (χ1) is 7.56. The van der Waals surface area contributed by atoms with E-state index in [1.54, 1.807) is 5.57 Å². The molecule has 1 fully saturated rings. The molecular formula is C14H24O2. The molecule has 0 aromatic rings. The Balaban J connectivity index is 1.98. The number of ether oxygens (including phenoxy) is 2. The molecule has 1 aliphatic carbocycles. The quantitative estimate of drug-likeness (QED) is 0.633. The zero-order chi connectivity index (χ0) is 11.7. The Bertz CT molecular complexity index is 272. The van der Waals surface area contributed by atoms with Gasteiger partial charge in [-0.15, -0.1) is 0 Å². The monoisotopic (exact) mass is 224 g/mol. The molecule has 1 saturated heterocycles. The van der Waals surface area contributed by atoms with Gasteiger partial charge in [-0.1, -0.05) is 11.1 Å². The molecule has 16 heavy (non-hydrogen) atoms. The van der Waals surface area contributed by atoms with Gasteiger partial charge in [0.1, 0.15) is 0 Å². The molecule has 0 N–H and O–H groups in total. The van der Waals surface area contributed by atoms with E-state index in [4.69, 9.17) is 9.47 Å². The highest BCUT2D eigenvalue weighted by Gasteiger charge is 2.32. The van der Waals surface area contributed by atoms with Gasteiger partial charge in [0.05, 0.1) is 12.2 Å². The molecule has 0 bridgehead atoms. The Morgan fingerprint density at radius 2 is 1.62 bits per heavy atom. The highest BCUT2D eigenvalue weighted by Crippen LogP contribution is 2.35. The fourth-order valence-electron chi connectivity index (χ4n) is 2.81. The largest absolute Gasteiger partial charge is 0.349 e. The Hall–Kier alpha value is -0.340. The maximum Gasteiger partial charge on any atom is 0.161 e. The zero-order valence-electron chi connectivity index (χ0n) is 11.0. The van der Waals surface area contributed by atoms with Crippen LogP contribution in [0.3, 0.4) is 0 Å². The van der Waals surface area contributed by atoms with Crippen LogP contribution in [0.15, 0.2) is 11.1 Å². The van der Waals surface area contributed by atoms with E-state index < -0.39 is 0 Å². The Kier molecular flexibility index (Phi) is 3.70. The van der Waals surface area contributed by atoms with Crippen LogP contribution in [0, 0.1) is 5.92 Å². The van der Waals surface area contributed by atoms with Crippen molar-refractivity contribution in [2.75, 3.05) is 0 Å². The fraction of sp³-hybridized carbons (Fsp3) is 0.857. The molecule has 0 radical (unpaired) electrons. The van der Waals surface area contributed by atoms with Crippen molar-refractivity contribution in [1.29, 1.82) is 0 Å². The molecule has 92 valence electrons. The topological polar surface area (TPSA) is 18.5 Å². The summed E-state index contributed by atoms with van der Waals surface area (Å²) in [6, 6.07) is 0. The van der Waals surface area contributed by atoms with Crippen LogP contribution in [-0.2, 0) is 9.47 Å². The van der Waals surface area contributed by atoms with Crippen molar-refractivity contribution in [2.24, 2.45) is 5.92 Å². The summed E-state index contributed by atoms with van der Waals surface area (Å²) >= 11 is 0. The second-order valence-electron chi connectivity index (χ2n) is 5.56. The SMILES string of the molecule is CC1=C(C)C[C@@H](C2O[C@H](C)C[C@@H](C)O2)CC1. The van der Waals surface area contributed by atoms with Crippen LogP contribution in [0.25, 0.3) is 0 Å². The van der Waals surface area contributed by atoms with Gasteiger partial charge in [0.2, 0.25) is 0 Å². The molecule has 1 heterocycles. The van der Waals surface area contributed by atoms with Crippen molar-refractivity contribution in [3.8, 4) is 0 Å². The second-order valence-corrected chi connectivity index (χ2v) is 5.56. The highest BCUT2D eigenvalue weighted by atomic mass is 16.7. The summed E-state index contributed by atoms with van der Waals surface area (Å²) in [5.41, 5.74) is 3.10. The third kappa shape index (κ3) is 2.67. The molecule has 2 aliphatic rings. The average Bonchev–Trinajstić information content (AvgIpc) is 2.20. The molecule has 2 nitrogen and oxygen atoms in total. The Morgan fingerprint density at radius 1 is 1.00 bits per heavy atom. The molecule has 3 atom stereocenters. The summed E-state index contributed by atoms with van der Waals surface area (Å²) in [7, 11) is 0. The van der Waals surface area contributed by atoms with Gasteiger partial charge in [-0.25, -0.2) is 0 Å². The lowest BCUT2D eigenvalue weighted by molar-refractivity contribution is -0.256. The van der Waals surface area contributed by atoms with Gasteiger partial charge in [0.15, 0.2) is 6.29 Å². The zero-order valence-corrected chi connectivity index (χ0v) is 11.0. The van der Waals surface area contributed by atoms with Gasteiger partial charge < -0.3 is 9.47 Å². The standard InChI is InChI=1S/C14H24O2/c1-9-5-6-13(7-10(9)2)14-15-11(3)8-12(4)16-14/h11-14H,5-8H2,1-4H3/t11-,12-,13+/m1/s1. The third-order valence-electron chi connectivity index (χ3n) is 3.97. The lowest BCUT2D eigenvalue weighted by atomic mass is 9.84. The lowest BCUT2D eigenvalue weighted by Gasteiger charge is -2.38. The fourth-order valence-corrected chi connectivity index (χ4v) is 2.81. The minimum Gasteiger partial charge on any atom is -0.349 e. The van der Waals surface area contributed by atoms with Crippen LogP contribution in [0.5, 0.6) is 0 Å². The second kappa shape index (κ2) is 4.89. The smallest absolute Gasteiger partial charge is 0.161 e. The van der Waals surface area contributed by atoms with Crippen LogP contribution in [-0.4, -0.2) is 18.5 Å². The number of rotatable bonds is 1. The Morgan fingerprint density at radius 3 is 2.19 bits per heavy atom. The van der Waals surface area contributed by atoms with Crippen LogP contribution in [0.4, 0.5) is 0 Å². The van der Waals surface area contributed by atoms with Gasteiger partial charge in [0.25, 0.3) is 0 Å².